The minimum Gasteiger partial charge on any atom is -0.327 e. The van der Waals surface area contributed by atoms with E-state index in [0.717, 1.165) is 6.42 Å². The van der Waals surface area contributed by atoms with Crippen molar-refractivity contribution >= 4 is 0 Å². The average Bonchev–Trinajstić information content (AvgIpc) is 2.19. The van der Waals surface area contributed by atoms with Gasteiger partial charge in [0.25, 0.3) is 0 Å². The Hall–Kier alpha value is -0.820. The van der Waals surface area contributed by atoms with E-state index in [1.54, 1.807) is 0 Å². The molecule has 0 aliphatic heterocycles. The molecule has 2 N–H and O–H groups in total. The van der Waals surface area contributed by atoms with E-state index in [1.807, 2.05) is 0 Å². The molecule has 82 valence electrons. The van der Waals surface area contributed by atoms with Crippen molar-refractivity contribution in [3.8, 4) is 0 Å². The van der Waals surface area contributed by atoms with Gasteiger partial charge >= 0.3 is 0 Å². The van der Waals surface area contributed by atoms with E-state index in [1.165, 1.54) is 16.7 Å². The van der Waals surface area contributed by atoms with Crippen LogP contribution in [0.3, 0.4) is 0 Å². The van der Waals surface area contributed by atoms with Gasteiger partial charge in [-0.25, -0.2) is 0 Å². The number of hydrogen-bond acceptors (Lipinski definition) is 1. The van der Waals surface area contributed by atoms with Crippen molar-refractivity contribution in [1.82, 2.24) is 0 Å². The molecule has 1 fully saturated rings. The van der Waals surface area contributed by atoms with Crippen LogP contribution in [-0.4, -0.2) is 6.04 Å². The Labute approximate surface area is 92.7 Å². The van der Waals surface area contributed by atoms with E-state index in [-0.39, 0.29) is 5.41 Å². The van der Waals surface area contributed by atoms with Crippen molar-refractivity contribution in [2.45, 2.75) is 46.1 Å². The van der Waals surface area contributed by atoms with Crippen LogP contribution < -0.4 is 5.73 Å². The first-order valence-corrected chi connectivity index (χ1v) is 5.76. The van der Waals surface area contributed by atoms with Gasteiger partial charge in [-0.05, 0) is 48.3 Å². The van der Waals surface area contributed by atoms with Crippen LogP contribution in [0.25, 0.3) is 0 Å². The van der Waals surface area contributed by atoms with Crippen LogP contribution in [0.5, 0.6) is 0 Å². The fourth-order valence-corrected chi connectivity index (χ4v) is 2.64. The summed E-state index contributed by atoms with van der Waals surface area (Å²) in [6.45, 7) is 8.98. The van der Waals surface area contributed by atoms with Crippen LogP contribution in [0.2, 0.25) is 0 Å². The van der Waals surface area contributed by atoms with Crippen LogP contribution in [0.1, 0.15) is 42.9 Å². The Morgan fingerprint density at radius 1 is 1.27 bits per heavy atom. The fraction of sp³-hybridized carbons (Fsp3) is 0.571. The summed E-state index contributed by atoms with van der Waals surface area (Å²) in [5.41, 5.74) is 10.7. The molecule has 1 heteroatoms. The second-order valence-corrected chi connectivity index (χ2v) is 5.51. The van der Waals surface area contributed by atoms with Gasteiger partial charge in [-0.1, -0.05) is 32.0 Å². The highest BCUT2D eigenvalue weighted by Gasteiger charge is 2.46. The normalized spacial score (nSPS) is 28.6. The van der Waals surface area contributed by atoms with Crippen molar-refractivity contribution in [1.29, 1.82) is 0 Å². The number of benzene rings is 1. The summed E-state index contributed by atoms with van der Waals surface area (Å²) in [6.07, 6.45) is 1.14. The van der Waals surface area contributed by atoms with Gasteiger partial charge < -0.3 is 5.73 Å². The van der Waals surface area contributed by atoms with Crippen LogP contribution in [-0.2, 0) is 0 Å². The molecule has 2 rings (SSSR count). The molecule has 2 unspecified atom stereocenters. The van der Waals surface area contributed by atoms with Gasteiger partial charge in [-0.2, -0.15) is 0 Å². The van der Waals surface area contributed by atoms with Gasteiger partial charge in [0.1, 0.15) is 0 Å². The van der Waals surface area contributed by atoms with E-state index >= 15 is 0 Å². The molecule has 0 amide bonds. The molecule has 0 bridgehead atoms. The molecule has 2 atom stereocenters. The van der Waals surface area contributed by atoms with Gasteiger partial charge in [-0.15, -0.1) is 0 Å². The molecule has 0 radical (unpaired) electrons. The predicted molar refractivity (Wildman–Crippen MR) is 65.0 cm³/mol. The topological polar surface area (TPSA) is 26.0 Å². The highest BCUT2D eigenvalue weighted by molar-refractivity contribution is 5.38. The Kier molecular flexibility index (Phi) is 2.38. The van der Waals surface area contributed by atoms with Crippen molar-refractivity contribution in [2.75, 3.05) is 0 Å². The van der Waals surface area contributed by atoms with Crippen LogP contribution >= 0.6 is 0 Å². The zero-order chi connectivity index (χ0) is 11.2. The summed E-state index contributed by atoms with van der Waals surface area (Å²) in [5, 5.41) is 0. The number of hydrogen-bond donors (Lipinski definition) is 1. The summed E-state index contributed by atoms with van der Waals surface area (Å²) in [7, 11) is 0. The maximum atomic E-state index is 6.07. The molecular formula is C14H21N. The van der Waals surface area contributed by atoms with E-state index < -0.39 is 0 Å². The van der Waals surface area contributed by atoms with E-state index in [9.17, 15) is 0 Å². The predicted octanol–water partition coefficient (Wildman–Crippen LogP) is 3.14. The third-order valence-electron chi connectivity index (χ3n) is 4.37. The number of aryl methyl sites for hydroxylation is 1. The zero-order valence-corrected chi connectivity index (χ0v) is 10.2. The van der Waals surface area contributed by atoms with Gasteiger partial charge in [-0.3, -0.25) is 0 Å². The molecule has 0 aromatic heterocycles. The van der Waals surface area contributed by atoms with Crippen molar-refractivity contribution in [3.05, 3.63) is 34.9 Å². The lowest BCUT2D eigenvalue weighted by molar-refractivity contribution is 0.0979. The minimum atomic E-state index is 0.262. The summed E-state index contributed by atoms with van der Waals surface area (Å²) < 4.78 is 0. The minimum absolute atomic E-state index is 0.262. The first-order chi connectivity index (χ1) is 6.94. The Morgan fingerprint density at radius 3 is 2.47 bits per heavy atom. The zero-order valence-electron chi connectivity index (χ0n) is 10.2. The summed E-state index contributed by atoms with van der Waals surface area (Å²) >= 11 is 0. The first kappa shape index (κ1) is 10.7. The molecule has 1 aliphatic rings. The Bertz CT molecular complexity index is 379. The monoisotopic (exact) mass is 203 g/mol. The third kappa shape index (κ3) is 1.50. The average molecular weight is 203 g/mol. The molecular weight excluding hydrogens is 182 g/mol. The summed E-state index contributed by atoms with van der Waals surface area (Å²) in [4.78, 5) is 0. The van der Waals surface area contributed by atoms with Crippen molar-refractivity contribution < 1.29 is 0 Å². The van der Waals surface area contributed by atoms with Crippen molar-refractivity contribution in [3.63, 3.8) is 0 Å². The number of nitrogens with two attached hydrogens (primary N) is 1. The van der Waals surface area contributed by atoms with Gasteiger partial charge in [0, 0.05) is 6.04 Å². The highest BCUT2D eigenvalue weighted by Crippen LogP contribution is 2.52. The second kappa shape index (κ2) is 3.34. The lowest BCUT2D eigenvalue weighted by atomic mass is 9.56. The van der Waals surface area contributed by atoms with Crippen LogP contribution in [0, 0.1) is 19.3 Å². The second-order valence-electron chi connectivity index (χ2n) is 5.51. The van der Waals surface area contributed by atoms with E-state index in [0.29, 0.717) is 12.0 Å². The van der Waals surface area contributed by atoms with Crippen molar-refractivity contribution in [2.24, 2.45) is 11.1 Å². The lowest BCUT2D eigenvalue weighted by Crippen LogP contribution is -2.53. The maximum Gasteiger partial charge on any atom is 0.0102 e. The van der Waals surface area contributed by atoms with E-state index in [4.69, 9.17) is 5.73 Å². The molecule has 1 aliphatic carbocycles. The first-order valence-electron chi connectivity index (χ1n) is 5.76. The molecule has 1 nitrogen and oxygen atoms in total. The Balaban J connectivity index is 2.36. The maximum absolute atomic E-state index is 6.07. The van der Waals surface area contributed by atoms with Gasteiger partial charge in [0.05, 0.1) is 0 Å². The SMILES string of the molecule is Cc1cccc(C2CC(N)C2(C)C)c1C. The summed E-state index contributed by atoms with van der Waals surface area (Å²) in [5.74, 6) is 0.646. The largest absolute Gasteiger partial charge is 0.327 e. The molecule has 1 aromatic carbocycles. The molecule has 0 spiro atoms. The highest BCUT2D eigenvalue weighted by atomic mass is 14.8. The molecule has 15 heavy (non-hydrogen) atoms. The fourth-order valence-electron chi connectivity index (χ4n) is 2.64. The standard InChI is InChI=1S/C14H21N/c1-9-6-5-7-11(10(9)2)12-8-13(15)14(12,3)4/h5-7,12-13H,8,15H2,1-4H3. The third-order valence-corrected chi connectivity index (χ3v) is 4.37. The van der Waals surface area contributed by atoms with Crippen LogP contribution in [0.15, 0.2) is 18.2 Å². The van der Waals surface area contributed by atoms with Gasteiger partial charge in [0.15, 0.2) is 0 Å². The molecule has 0 saturated heterocycles. The van der Waals surface area contributed by atoms with Crippen LogP contribution in [0.4, 0.5) is 0 Å². The smallest absolute Gasteiger partial charge is 0.0102 e. The molecule has 0 heterocycles. The Morgan fingerprint density at radius 2 is 1.93 bits per heavy atom. The van der Waals surface area contributed by atoms with Gasteiger partial charge in [0.2, 0.25) is 0 Å². The lowest BCUT2D eigenvalue weighted by Gasteiger charge is -2.51. The molecule has 1 saturated carbocycles. The molecule has 1 aromatic rings. The quantitative estimate of drug-likeness (QED) is 0.745. The summed E-state index contributed by atoms with van der Waals surface area (Å²) in [6, 6.07) is 6.98. The number of rotatable bonds is 1. The van der Waals surface area contributed by atoms with E-state index in [2.05, 4.69) is 45.9 Å².